The number of halogens is 2. The number of amides is 1. The number of ether oxygens (including phenoxy) is 1. The fourth-order valence-electron chi connectivity index (χ4n) is 1.74. The molecule has 0 unspecified atom stereocenters. The maximum atomic E-state index is 13.0. The zero-order valence-corrected chi connectivity index (χ0v) is 13.7. The third-order valence-electron chi connectivity index (χ3n) is 2.93. The number of hydrogen-bond donors (Lipinski definition) is 1. The van der Waals surface area contributed by atoms with Crippen molar-refractivity contribution in [1.29, 1.82) is 0 Å². The highest BCUT2D eigenvalue weighted by Crippen LogP contribution is 2.23. The lowest BCUT2D eigenvalue weighted by Crippen LogP contribution is -2.30. The molecule has 0 aliphatic rings. The molecule has 0 aliphatic carbocycles. The summed E-state index contributed by atoms with van der Waals surface area (Å²) in [6.07, 6.45) is 1.28. The highest BCUT2D eigenvalue weighted by molar-refractivity contribution is 7.98. The summed E-state index contributed by atoms with van der Waals surface area (Å²) in [7, 11) is 0. The van der Waals surface area contributed by atoms with Gasteiger partial charge in [-0.25, -0.2) is 4.39 Å². The van der Waals surface area contributed by atoms with E-state index in [9.17, 15) is 9.18 Å². The van der Waals surface area contributed by atoms with Crippen molar-refractivity contribution in [3.63, 3.8) is 0 Å². The lowest BCUT2D eigenvalue weighted by Gasteiger charge is -2.15. The van der Waals surface area contributed by atoms with Crippen LogP contribution in [0.4, 0.5) is 10.1 Å². The largest absolute Gasteiger partial charge is 0.481 e. The first kappa shape index (κ1) is 16.6. The van der Waals surface area contributed by atoms with E-state index in [1.807, 2.05) is 18.4 Å². The molecule has 0 radical (unpaired) electrons. The van der Waals surface area contributed by atoms with Gasteiger partial charge in [-0.15, -0.1) is 11.8 Å². The van der Waals surface area contributed by atoms with E-state index in [4.69, 9.17) is 16.3 Å². The Hall–Kier alpha value is -1.72. The number of nitrogens with one attached hydrogen (secondary N) is 1. The van der Waals surface area contributed by atoms with Crippen LogP contribution >= 0.6 is 23.4 Å². The lowest BCUT2D eigenvalue weighted by atomic mass is 10.3. The van der Waals surface area contributed by atoms with Gasteiger partial charge in [0.2, 0.25) is 0 Å². The Kier molecular flexibility index (Phi) is 5.69. The summed E-state index contributed by atoms with van der Waals surface area (Å²) in [6.45, 7) is 1.63. The fourth-order valence-corrected chi connectivity index (χ4v) is 2.36. The molecule has 0 saturated heterocycles. The minimum Gasteiger partial charge on any atom is -0.481 e. The van der Waals surface area contributed by atoms with E-state index in [0.29, 0.717) is 11.4 Å². The van der Waals surface area contributed by atoms with Gasteiger partial charge in [0.15, 0.2) is 6.10 Å². The number of thioether (sulfide) groups is 1. The third kappa shape index (κ3) is 4.39. The van der Waals surface area contributed by atoms with Gasteiger partial charge in [0, 0.05) is 4.90 Å². The Morgan fingerprint density at radius 2 is 1.95 bits per heavy atom. The second-order valence-electron chi connectivity index (χ2n) is 4.55. The summed E-state index contributed by atoms with van der Waals surface area (Å²) in [4.78, 5) is 13.2. The van der Waals surface area contributed by atoms with Gasteiger partial charge in [-0.1, -0.05) is 11.6 Å². The maximum Gasteiger partial charge on any atom is 0.265 e. The van der Waals surface area contributed by atoms with Crippen molar-refractivity contribution in [3.8, 4) is 5.75 Å². The molecule has 6 heteroatoms. The van der Waals surface area contributed by atoms with Crippen LogP contribution < -0.4 is 10.1 Å². The van der Waals surface area contributed by atoms with Crippen LogP contribution in [0.1, 0.15) is 6.92 Å². The van der Waals surface area contributed by atoms with Crippen molar-refractivity contribution in [2.75, 3.05) is 11.6 Å². The van der Waals surface area contributed by atoms with Gasteiger partial charge in [0.05, 0.1) is 10.7 Å². The van der Waals surface area contributed by atoms with Crippen molar-refractivity contribution >= 4 is 35.0 Å². The van der Waals surface area contributed by atoms with Crippen LogP contribution in [0.25, 0.3) is 0 Å². The summed E-state index contributed by atoms with van der Waals surface area (Å²) in [5, 5.41) is 2.76. The number of anilines is 1. The molecule has 0 heterocycles. The molecule has 0 bridgehead atoms. The lowest BCUT2D eigenvalue weighted by molar-refractivity contribution is -0.122. The average molecular weight is 340 g/mol. The van der Waals surface area contributed by atoms with Gasteiger partial charge in [-0.3, -0.25) is 4.79 Å². The van der Waals surface area contributed by atoms with E-state index in [0.717, 1.165) is 11.0 Å². The molecule has 0 saturated carbocycles. The first-order valence-electron chi connectivity index (χ1n) is 6.56. The maximum absolute atomic E-state index is 13.0. The summed E-state index contributed by atoms with van der Waals surface area (Å²) >= 11 is 7.50. The van der Waals surface area contributed by atoms with E-state index in [1.165, 1.54) is 12.1 Å². The molecule has 1 atom stereocenters. The Labute approximate surface area is 137 Å². The molecule has 3 nitrogen and oxygen atoms in total. The van der Waals surface area contributed by atoms with Gasteiger partial charge in [-0.2, -0.15) is 0 Å². The van der Waals surface area contributed by atoms with Crippen LogP contribution in [-0.4, -0.2) is 18.3 Å². The standard InChI is InChI=1S/C16H15ClFNO2S/c1-10(21-12-4-6-13(22-2)7-5-12)16(20)19-15-8-3-11(18)9-14(15)17/h3-10H,1-2H3,(H,19,20)/t10-/m1/s1. The predicted molar refractivity (Wildman–Crippen MR) is 88.4 cm³/mol. The van der Waals surface area contributed by atoms with Gasteiger partial charge in [0.25, 0.3) is 5.91 Å². The van der Waals surface area contributed by atoms with E-state index in [1.54, 1.807) is 30.8 Å². The Balaban J connectivity index is 1.99. The Bertz CT molecular complexity index is 664. The molecule has 1 N–H and O–H groups in total. The summed E-state index contributed by atoms with van der Waals surface area (Å²) < 4.78 is 18.5. The summed E-state index contributed by atoms with van der Waals surface area (Å²) in [5.41, 5.74) is 0.348. The molecule has 0 aliphatic heterocycles. The van der Waals surface area contributed by atoms with Gasteiger partial charge in [0.1, 0.15) is 11.6 Å². The highest BCUT2D eigenvalue weighted by Gasteiger charge is 2.16. The second-order valence-corrected chi connectivity index (χ2v) is 5.84. The molecule has 1 amide bonds. The molecular formula is C16H15ClFNO2S. The van der Waals surface area contributed by atoms with Crippen LogP contribution in [0.15, 0.2) is 47.4 Å². The van der Waals surface area contributed by atoms with Crippen molar-refractivity contribution in [1.82, 2.24) is 0 Å². The van der Waals surface area contributed by atoms with Crippen molar-refractivity contribution in [3.05, 3.63) is 53.3 Å². The van der Waals surface area contributed by atoms with Gasteiger partial charge < -0.3 is 10.1 Å². The summed E-state index contributed by atoms with van der Waals surface area (Å²) in [5.74, 6) is -0.214. The minimum atomic E-state index is -0.707. The zero-order chi connectivity index (χ0) is 16.1. The Morgan fingerprint density at radius 1 is 1.27 bits per heavy atom. The molecule has 22 heavy (non-hydrogen) atoms. The fraction of sp³-hybridized carbons (Fsp3) is 0.188. The molecule has 2 aromatic carbocycles. The third-order valence-corrected chi connectivity index (χ3v) is 3.99. The van der Waals surface area contributed by atoms with Crippen molar-refractivity contribution < 1.29 is 13.9 Å². The SMILES string of the molecule is CSc1ccc(O[C@H](C)C(=O)Nc2ccc(F)cc2Cl)cc1. The van der Waals surface area contributed by atoms with Crippen LogP contribution in [0, 0.1) is 5.82 Å². The average Bonchev–Trinajstić information content (AvgIpc) is 2.50. The number of hydrogen-bond acceptors (Lipinski definition) is 3. The van der Waals surface area contributed by atoms with E-state index in [-0.39, 0.29) is 10.9 Å². The van der Waals surface area contributed by atoms with E-state index in [2.05, 4.69) is 5.32 Å². The quantitative estimate of drug-likeness (QED) is 0.808. The van der Waals surface area contributed by atoms with Gasteiger partial charge >= 0.3 is 0 Å². The van der Waals surface area contributed by atoms with E-state index < -0.39 is 11.9 Å². The second kappa shape index (κ2) is 7.51. The molecule has 2 aromatic rings. The number of carbonyl (C=O) groups excluding carboxylic acids is 1. The molecule has 0 spiro atoms. The highest BCUT2D eigenvalue weighted by atomic mass is 35.5. The van der Waals surface area contributed by atoms with Crippen LogP contribution in [0.5, 0.6) is 5.75 Å². The van der Waals surface area contributed by atoms with Crippen molar-refractivity contribution in [2.45, 2.75) is 17.9 Å². The topological polar surface area (TPSA) is 38.3 Å². The predicted octanol–water partition coefficient (Wildman–Crippen LogP) is 4.61. The van der Waals surface area contributed by atoms with Crippen LogP contribution in [0.3, 0.4) is 0 Å². The number of benzene rings is 2. The number of carbonyl (C=O) groups is 1. The zero-order valence-electron chi connectivity index (χ0n) is 12.1. The summed E-state index contributed by atoms with van der Waals surface area (Å²) in [6, 6.07) is 11.2. The molecule has 116 valence electrons. The van der Waals surface area contributed by atoms with Gasteiger partial charge in [-0.05, 0) is 55.6 Å². The molecule has 2 rings (SSSR count). The molecule has 0 fully saturated rings. The van der Waals surface area contributed by atoms with Crippen LogP contribution in [-0.2, 0) is 4.79 Å². The monoisotopic (exact) mass is 339 g/mol. The van der Waals surface area contributed by atoms with Crippen molar-refractivity contribution in [2.24, 2.45) is 0 Å². The minimum absolute atomic E-state index is 0.143. The Morgan fingerprint density at radius 3 is 2.55 bits per heavy atom. The molecule has 0 aromatic heterocycles. The number of rotatable bonds is 5. The first-order valence-corrected chi connectivity index (χ1v) is 8.16. The normalized spacial score (nSPS) is 11.8. The smallest absolute Gasteiger partial charge is 0.265 e. The molecular weight excluding hydrogens is 325 g/mol. The van der Waals surface area contributed by atoms with E-state index >= 15 is 0 Å². The first-order chi connectivity index (χ1) is 10.5. The van der Waals surface area contributed by atoms with Crippen LogP contribution in [0.2, 0.25) is 5.02 Å².